The van der Waals surface area contributed by atoms with Crippen LogP contribution < -0.4 is 11.1 Å². The number of anilines is 1. The molecule has 0 aliphatic rings. The number of hydrogen-bond donors (Lipinski definition) is 2. The monoisotopic (exact) mass is 350 g/mol. The Labute approximate surface area is 123 Å². The lowest BCUT2D eigenvalue weighted by molar-refractivity contribution is -0.121. The van der Waals surface area contributed by atoms with Gasteiger partial charge in [-0.2, -0.15) is 0 Å². The van der Waals surface area contributed by atoms with Crippen molar-refractivity contribution in [1.82, 2.24) is 0 Å². The Hall–Kier alpha value is -1.08. The summed E-state index contributed by atoms with van der Waals surface area (Å²) in [5.41, 5.74) is 4.32. The smallest absolute Gasteiger partial charge is 0.237 e. The molecule has 0 radical (unpaired) electrons. The minimum Gasteiger partial charge on any atom is -0.392 e. The quantitative estimate of drug-likeness (QED) is 0.646. The summed E-state index contributed by atoms with van der Waals surface area (Å²) in [7, 11) is 0. The molecule has 1 rings (SSSR count). The maximum atomic E-state index is 13.5. The highest BCUT2D eigenvalue weighted by atomic mass is 79.9. The van der Waals surface area contributed by atoms with E-state index < -0.39 is 23.0 Å². The van der Waals surface area contributed by atoms with E-state index in [0.717, 1.165) is 6.07 Å². The number of carbonyl (C=O) groups is 1. The van der Waals surface area contributed by atoms with Gasteiger partial charge in [-0.15, -0.1) is 0 Å². The fourth-order valence-electron chi connectivity index (χ4n) is 1.33. The second-order valence-corrected chi connectivity index (χ2v) is 5.54. The van der Waals surface area contributed by atoms with Crippen LogP contribution in [-0.2, 0) is 4.79 Å². The summed E-state index contributed by atoms with van der Waals surface area (Å²) in [6.45, 7) is 3.32. The largest absolute Gasteiger partial charge is 0.392 e. The first-order valence-corrected chi connectivity index (χ1v) is 6.68. The van der Waals surface area contributed by atoms with Crippen molar-refractivity contribution in [2.45, 2.75) is 20.3 Å². The second-order valence-electron chi connectivity index (χ2n) is 4.25. The molecule has 0 heterocycles. The average molecular weight is 351 g/mol. The van der Waals surface area contributed by atoms with Crippen molar-refractivity contribution in [3.05, 3.63) is 28.2 Å². The molecule has 0 fully saturated rings. The molecule has 104 valence electrons. The van der Waals surface area contributed by atoms with E-state index in [1.807, 2.05) is 0 Å². The van der Waals surface area contributed by atoms with Crippen molar-refractivity contribution in [2.24, 2.45) is 11.1 Å². The van der Waals surface area contributed by atoms with Crippen LogP contribution in [0.25, 0.3) is 0 Å². The van der Waals surface area contributed by atoms with Crippen LogP contribution in [0.5, 0.6) is 0 Å². The Morgan fingerprint density at radius 2 is 2.05 bits per heavy atom. The molecule has 0 aromatic heterocycles. The molecule has 0 spiro atoms. The minimum atomic E-state index is -1.08. The van der Waals surface area contributed by atoms with Crippen molar-refractivity contribution >= 4 is 44.7 Å². The Balaban J connectivity index is 3.06. The summed E-state index contributed by atoms with van der Waals surface area (Å²) in [4.78, 5) is 12.1. The van der Waals surface area contributed by atoms with Crippen LogP contribution >= 0.6 is 28.1 Å². The zero-order chi connectivity index (χ0) is 14.8. The third-order valence-electron chi connectivity index (χ3n) is 3.01. The number of rotatable bonds is 4. The molecule has 7 heteroatoms. The van der Waals surface area contributed by atoms with Crippen LogP contribution in [0.15, 0.2) is 16.6 Å². The standard InChI is InChI=1S/C12H13BrF2N2OS/c1-3-12(2,10(16)19)11(18)17-9-4-6(13)7(14)5-8(9)15/h4-5H,3H2,1-2H3,(H2,16,19)(H,17,18). The van der Waals surface area contributed by atoms with Gasteiger partial charge >= 0.3 is 0 Å². The van der Waals surface area contributed by atoms with Gasteiger partial charge in [-0.25, -0.2) is 8.78 Å². The molecule has 1 aromatic rings. The van der Waals surface area contributed by atoms with Gasteiger partial charge in [0.05, 0.1) is 20.6 Å². The molecule has 1 atom stereocenters. The van der Waals surface area contributed by atoms with Gasteiger partial charge in [-0.05, 0) is 35.3 Å². The van der Waals surface area contributed by atoms with E-state index in [0.29, 0.717) is 12.5 Å². The van der Waals surface area contributed by atoms with Crippen molar-refractivity contribution in [3.8, 4) is 0 Å². The molecule has 0 saturated heterocycles. The molecule has 0 aliphatic carbocycles. The van der Waals surface area contributed by atoms with Crippen LogP contribution in [-0.4, -0.2) is 10.9 Å². The van der Waals surface area contributed by atoms with Gasteiger partial charge in [0.1, 0.15) is 11.6 Å². The highest BCUT2D eigenvalue weighted by Gasteiger charge is 2.35. The van der Waals surface area contributed by atoms with Crippen molar-refractivity contribution in [3.63, 3.8) is 0 Å². The summed E-state index contributed by atoms with van der Waals surface area (Å²) in [5, 5.41) is 2.37. The summed E-state index contributed by atoms with van der Waals surface area (Å²) in [5.74, 6) is -2.14. The highest BCUT2D eigenvalue weighted by molar-refractivity contribution is 9.10. The number of nitrogens with two attached hydrogens (primary N) is 1. The zero-order valence-electron chi connectivity index (χ0n) is 10.4. The number of nitrogens with one attached hydrogen (secondary N) is 1. The molecule has 0 saturated carbocycles. The molecule has 0 aliphatic heterocycles. The third-order valence-corrected chi connectivity index (χ3v) is 4.07. The molecule has 1 aromatic carbocycles. The first kappa shape index (κ1) is 16.0. The highest BCUT2D eigenvalue weighted by Crippen LogP contribution is 2.27. The van der Waals surface area contributed by atoms with Crippen LogP contribution in [0.1, 0.15) is 20.3 Å². The van der Waals surface area contributed by atoms with Gasteiger partial charge in [-0.3, -0.25) is 4.79 Å². The lowest BCUT2D eigenvalue weighted by Crippen LogP contribution is -2.43. The third kappa shape index (κ3) is 3.27. The van der Waals surface area contributed by atoms with Crippen LogP contribution in [0.3, 0.4) is 0 Å². The summed E-state index contributed by atoms with van der Waals surface area (Å²) in [6, 6.07) is 1.84. The average Bonchev–Trinajstić information content (AvgIpc) is 2.34. The van der Waals surface area contributed by atoms with Crippen molar-refractivity contribution in [1.29, 1.82) is 0 Å². The van der Waals surface area contributed by atoms with Crippen LogP contribution in [0.4, 0.5) is 14.5 Å². The summed E-state index contributed by atoms with van der Waals surface area (Å²) in [6.07, 6.45) is 0.373. The maximum Gasteiger partial charge on any atom is 0.237 e. The first-order chi connectivity index (χ1) is 8.72. The van der Waals surface area contributed by atoms with Gasteiger partial charge in [0.25, 0.3) is 0 Å². The molecule has 1 unspecified atom stereocenters. The van der Waals surface area contributed by atoms with E-state index in [1.165, 1.54) is 0 Å². The topological polar surface area (TPSA) is 55.1 Å². The Kier molecular flexibility index (Phi) is 4.98. The van der Waals surface area contributed by atoms with E-state index in [-0.39, 0.29) is 15.1 Å². The number of carbonyl (C=O) groups excluding carboxylic acids is 1. The summed E-state index contributed by atoms with van der Waals surface area (Å²) < 4.78 is 26.7. The fourth-order valence-corrected chi connectivity index (χ4v) is 1.91. The maximum absolute atomic E-state index is 13.5. The predicted molar refractivity (Wildman–Crippen MR) is 77.9 cm³/mol. The first-order valence-electron chi connectivity index (χ1n) is 5.48. The van der Waals surface area contributed by atoms with Gasteiger partial charge < -0.3 is 11.1 Å². The Morgan fingerprint density at radius 3 is 2.53 bits per heavy atom. The fraction of sp³-hybridized carbons (Fsp3) is 0.333. The van der Waals surface area contributed by atoms with Crippen LogP contribution in [0, 0.1) is 17.0 Å². The van der Waals surface area contributed by atoms with Gasteiger partial charge in [0.2, 0.25) is 5.91 Å². The van der Waals surface area contributed by atoms with Crippen LogP contribution in [0.2, 0.25) is 0 Å². The second kappa shape index (κ2) is 5.92. The van der Waals surface area contributed by atoms with Gasteiger partial charge in [-0.1, -0.05) is 19.1 Å². The van der Waals surface area contributed by atoms with Gasteiger partial charge in [0.15, 0.2) is 0 Å². The van der Waals surface area contributed by atoms with Crippen molar-refractivity contribution in [2.75, 3.05) is 5.32 Å². The molecule has 3 nitrogen and oxygen atoms in total. The Morgan fingerprint density at radius 1 is 1.47 bits per heavy atom. The summed E-state index contributed by atoms with van der Waals surface area (Å²) >= 11 is 7.78. The molecular weight excluding hydrogens is 338 g/mol. The minimum absolute atomic E-state index is 0.0223. The zero-order valence-corrected chi connectivity index (χ0v) is 12.8. The molecular formula is C12H13BrF2N2OS. The van der Waals surface area contributed by atoms with Crippen molar-refractivity contribution < 1.29 is 13.6 Å². The van der Waals surface area contributed by atoms with E-state index in [1.54, 1.807) is 13.8 Å². The van der Waals surface area contributed by atoms with Gasteiger partial charge in [0, 0.05) is 6.07 Å². The van der Waals surface area contributed by atoms with E-state index >= 15 is 0 Å². The van der Waals surface area contributed by atoms with E-state index in [4.69, 9.17) is 18.0 Å². The lowest BCUT2D eigenvalue weighted by Gasteiger charge is -2.25. The number of halogens is 3. The molecule has 0 bridgehead atoms. The van der Waals surface area contributed by atoms with E-state index in [9.17, 15) is 13.6 Å². The SMILES string of the molecule is CCC(C)(C(=O)Nc1cc(Br)c(F)cc1F)C(N)=S. The lowest BCUT2D eigenvalue weighted by atomic mass is 9.86. The molecule has 3 N–H and O–H groups in total. The number of hydrogen-bond acceptors (Lipinski definition) is 2. The Bertz CT molecular complexity index is 539. The molecule has 19 heavy (non-hydrogen) atoms. The number of benzene rings is 1. The predicted octanol–water partition coefficient (Wildman–Crippen LogP) is 3.37. The number of thiocarbonyl (C=S) groups is 1. The normalized spacial score (nSPS) is 13.7. The molecule has 1 amide bonds. The van der Waals surface area contributed by atoms with E-state index in [2.05, 4.69) is 21.2 Å². The number of amides is 1.